The number of hydrogen-bond donors (Lipinski definition) is 0. The molecular weight excluding hydrogens is 538 g/mol. The molecule has 0 saturated heterocycles. The van der Waals surface area contributed by atoms with Gasteiger partial charge in [-0.2, -0.15) is 22.0 Å². The lowest BCUT2D eigenvalue weighted by atomic mass is 9.77. The first kappa shape index (κ1) is 31.7. The minimum atomic E-state index is -4.68. The van der Waals surface area contributed by atoms with Crippen LogP contribution in [-0.2, 0) is 23.4 Å². The number of hydrogen-bond acceptors (Lipinski definition) is 1. The number of halogens is 6. The Morgan fingerprint density at radius 3 is 1.93 bits per heavy atom. The number of alkyl halides is 5. The van der Waals surface area contributed by atoms with Gasteiger partial charge in [-0.3, -0.25) is 0 Å². The minimum absolute atomic E-state index is 0.0627. The summed E-state index contributed by atoms with van der Waals surface area (Å²) in [4.78, 5) is 0. The summed E-state index contributed by atoms with van der Waals surface area (Å²) in [6.45, 7) is 2.16. The lowest BCUT2D eigenvalue weighted by Gasteiger charge is -2.31. The predicted molar refractivity (Wildman–Crippen MR) is 150 cm³/mol. The highest BCUT2D eigenvalue weighted by molar-refractivity contribution is 5.29. The van der Waals surface area contributed by atoms with Crippen LogP contribution in [0.2, 0.25) is 0 Å². The van der Waals surface area contributed by atoms with Gasteiger partial charge in [-0.05, 0) is 105 Å². The maximum absolute atomic E-state index is 14.9. The van der Waals surface area contributed by atoms with Crippen LogP contribution in [0.15, 0.2) is 54.6 Å². The standard InChI is InChI=1S/C34H42F6O/c1-2-3-4-5-6-24-11-18-29(19-12-24)34(39,40)41-30-20-13-26(14-21-30)8-7-25-9-15-27(16-10-25)28-17-22-31(32(35)23-28)33(36,37)38/h7-8,11-12,17-19,22-23,25-27,30H,2-6,9-10,13-16,20-21H2,1H3/b8-7+. The zero-order chi connectivity index (χ0) is 29.5. The van der Waals surface area contributed by atoms with Crippen LogP contribution >= 0.6 is 0 Å². The first-order chi connectivity index (χ1) is 19.5. The third-order valence-electron chi connectivity index (χ3n) is 8.84. The Kier molecular flexibility index (Phi) is 11.0. The highest BCUT2D eigenvalue weighted by Gasteiger charge is 2.37. The van der Waals surface area contributed by atoms with Crippen molar-refractivity contribution >= 4 is 0 Å². The molecule has 0 unspecified atom stereocenters. The molecule has 2 fully saturated rings. The van der Waals surface area contributed by atoms with Gasteiger partial charge in [-0.15, -0.1) is 0 Å². The molecule has 4 rings (SSSR count). The zero-order valence-electron chi connectivity index (χ0n) is 23.9. The Morgan fingerprint density at radius 1 is 0.756 bits per heavy atom. The first-order valence-corrected chi connectivity index (χ1v) is 15.2. The molecule has 7 heteroatoms. The molecule has 41 heavy (non-hydrogen) atoms. The van der Waals surface area contributed by atoms with Crippen LogP contribution in [0.5, 0.6) is 0 Å². The van der Waals surface area contributed by atoms with Crippen molar-refractivity contribution in [1.29, 1.82) is 0 Å². The monoisotopic (exact) mass is 580 g/mol. The van der Waals surface area contributed by atoms with Crippen molar-refractivity contribution < 1.29 is 31.1 Å². The minimum Gasteiger partial charge on any atom is -0.313 e. The molecule has 1 nitrogen and oxygen atoms in total. The van der Waals surface area contributed by atoms with Crippen LogP contribution in [0.1, 0.15) is 112 Å². The van der Waals surface area contributed by atoms with Crippen LogP contribution < -0.4 is 0 Å². The van der Waals surface area contributed by atoms with Crippen LogP contribution in [-0.4, -0.2) is 6.10 Å². The van der Waals surface area contributed by atoms with Gasteiger partial charge >= 0.3 is 12.3 Å². The van der Waals surface area contributed by atoms with Crippen LogP contribution in [0.3, 0.4) is 0 Å². The number of allylic oxidation sites excluding steroid dienone is 2. The van der Waals surface area contributed by atoms with Crippen LogP contribution in [0.4, 0.5) is 26.3 Å². The summed E-state index contributed by atoms with van der Waals surface area (Å²) in [7, 11) is 0. The Labute approximate surface area is 240 Å². The normalized spacial score (nSPS) is 24.2. The highest BCUT2D eigenvalue weighted by atomic mass is 19.4. The number of aryl methyl sites for hydroxylation is 1. The quantitative estimate of drug-likeness (QED) is 0.146. The second kappa shape index (κ2) is 14.3. The molecule has 0 N–H and O–H groups in total. The van der Waals surface area contributed by atoms with E-state index < -0.39 is 29.8 Å². The number of unbranched alkanes of at least 4 members (excludes halogenated alkanes) is 3. The average Bonchev–Trinajstić information content (AvgIpc) is 2.95. The summed E-state index contributed by atoms with van der Waals surface area (Å²) in [5, 5.41) is 0. The molecule has 2 saturated carbocycles. The summed E-state index contributed by atoms with van der Waals surface area (Å²) in [5.41, 5.74) is 0.400. The van der Waals surface area contributed by atoms with Crippen molar-refractivity contribution in [3.8, 4) is 0 Å². The molecule has 2 aliphatic carbocycles. The summed E-state index contributed by atoms with van der Waals surface area (Å²) < 4.78 is 87.6. The molecule has 2 aromatic carbocycles. The smallest absolute Gasteiger partial charge is 0.313 e. The molecule has 0 heterocycles. The van der Waals surface area contributed by atoms with Gasteiger partial charge in [0.05, 0.1) is 17.2 Å². The summed E-state index contributed by atoms with van der Waals surface area (Å²) in [6.07, 6.45) is 7.64. The Bertz CT molecular complexity index is 1110. The van der Waals surface area contributed by atoms with E-state index in [0.29, 0.717) is 30.2 Å². The van der Waals surface area contributed by atoms with Gasteiger partial charge in [0.25, 0.3) is 0 Å². The van der Waals surface area contributed by atoms with E-state index in [0.717, 1.165) is 75.5 Å². The second-order valence-electron chi connectivity index (χ2n) is 11.9. The van der Waals surface area contributed by atoms with Crippen LogP contribution in [0, 0.1) is 17.7 Å². The van der Waals surface area contributed by atoms with Crippen molar-refractivity contribution in [2.75, 3.05) is 0 Å². The third-order valence-corrected chi connectivity index (χ3v) is 8.84. The summed E-state index contributed by atoms with van der Waals surface area (Å²) >= 11 is 0. The fraction of sp³-hybridized carbons (Fsp3) is 0.588. The molecule has 0 spiro atoms. The molecule has 0 aliphatic heterocycles. The Balaban J connectivity index is 1.18. The summed E-state index contributed by atoms with van der Waals surface area (Å²) in [5.74, 6) is -0.441. The van der Waals surface area contributed by atoms with Gasteiger partial charge < -0.3 is 4.74 Å². The van der Waals surface area contributed by atoms with Gasteiger partial charge in [0.15, 0.2) is 0 Å². The van der Waals surface area contributed by atoms with Crippen molar-refractivity contribution in [1.82, 2.24) is 0 Å². The third kappa shape index (κ3) is 9.10. The van der Waals surface area contributed by atoms with Gasteiger partial charge in [-0.25, -0.2) is 4.39 Å². The molecule has 0 bridgehead atoms. The molecule has 2 aliphatic rings. The van der Waals surface area contributed by atoms with Crippen molar-refractivity contribution in [2.45, 2.75) is 115 Å². The van der Waals surface area contributed by atoms with Crippen molar-refractivity contribution in [3.63, 3.8) is 0 Å². The molecule has 0 aromatic heterocycles. The van der Waals surface area contributed by atoms with Crippen molar-refractivity contribution in [3.05, 3.63) is 82.7 Å². The Hall–Kier alpha value is -2.28. The number of benzene rings is 2. The number of ether oxygens (including phenoxy) is 1. The first-order valence-electron chi connectivity index (χ1n) is 15.2. The predicted octanol–water partition coefficient (Wildman–Crippen LogP) is 11.1. The topological polar surface area (TPSA) is 9.23 Å². The van der Waals surface area contributed by atoms with E-state index >= 15 is 0 Å². The maximum atomic E-state index is 14.9. The molecule has 2 aromatic rings. The van der Waals surface area contributed by atoms with E-state index in [1.807, 2.05) is 0 Å². The molecule has 226 valence electrons. The lowest BCUT2D eigenvalue weighted by Crippen LogP contribution is -2.29. The van der Waals surface area contributed by atoms with Crippen molar-refractivity contribution in [2.24, 2.45) is 11.8 Å². The molecule has 0 radical (unpaired) electrons. The fourth-order valence-electron chi connectivity index (χ4n) is 6.27. The highest BCUT2D eigenvalue weighted by Crippen LogP contribution is 2.40. The van der Waals surface area contributed by atoms with Gasteiger partial charge in [0.1, 0.15) is 5.82 Å². The molecule has 0 atom stereocenters. The van der Waals surface area contributed by atoms with E-state index in [9.17, 15) is 26.3 Å². The SMILES string of the molecule is CCCCCCc1ccc(C(F)(F)OC2CCC(/C=C/C3CCC(c4ccc(C(F)(F)F)c(F)c4)CC3)CC2)cc1. The van der Waals surface area contributed by atoms with Crippen LogP contribution in [0.25, 0.3) is 0 Å². The number of rotatable bonds is 11. The molecule has 0 amide bonds. The Morgan fingerprint density at radius 2 is 1.37 bits per heavy atom. The zero-order valence-corrected chi connectivity index (χ0v) is 23.9. The van der Waals surface area contributed by atoms with Gasteiger partial charge in [0.2, 0.25) is 0 Å². The van der Waals surface area contributed by atoms with Gasteiger partial charge in [-0.1, -0.05) is 68.7 Å². The van der Waals surface area contributed by atoms with E-state index in [1.165, 1.54) is 31.0 Å². The summed E-state index contributed by atoms with van der Waals surface area (Å²) in [6, 6.07) is 9.85. The van der Waals surface area contributed by atoms with E-state index in [-0.39, 0.29) is 11.5 Å². The van der Waals surface area contributed by atoms with E-state index in [1.54, 1.807) is 12.1 Å². The second-order valence-corrected chi connectivity index (χ2v) is 11.9. The lowest BCUT2D eigenvalue weighted by molar-refractivity contribution is -0.277. The van der Waals surface area contributed by atoms with E-state index in [2.05, 4.69) is 19.1 Å². The molecular formula is C34H42F6O. The fourth-order valence-corrected chi connectivity index (χ4v) is 6.27. The largest absolute Gasteiger partial charge is 0.419 e. The maximum Gasteiger partial charge on any atom is 0.419 e. The average molecular weight is 581 g/mol. The van der Waals surface area contributed by atoms with E-state index in [4.69, 9.17) is 4.74 Å². The van der Waals surface area contributed by atoms with Gasteiger partial charge in [0, 0.05) is 0 Å².